The molecule has 1 amide bonds. The Morgan fingerprint density at radius 2 is 1.72 bits per heavy atom. The largest absolute Gasteiger partial charge is 0.416 e. The second-order valence-electron chi connectivity index (χ2n) is 7.69. The molecule has 5 rings (SSSR count). The number of carbonyl (C=O) groups is 1. The third-order valence-corrected chi connectivity index (χ3v) is 8.04. The second kappa shape index (κ2) is 8.12. The number of carbonyl (C=O) groups excluding carboxylic acids is 1. The van der Waals surface area contributed by atoms with Gasteiger partial charge >= 0.3 is 6.18 Å². The first kappa shape index (κ1) is 21.3. The Kier molecular flexibility index (Phi) is 5.41. The Morgan fingerprint density at radius 3 is 2.44 bits per heavy atom. The summed E-state index contributed by atoms with van der Waals surface area (Å²) in [5, 5.41) is 0. The van der Waals surface area contributed by atoms with Crippen molar-refractivity contribution in [1.29, 1.82) is 0 Å². The highest BCUT2D eigenvalue weighted by atomic mass is 32.2. The Labute approximate surface area is 190 Å². The van der Waals surface area contributed by atoms with Crippen molar-refractivity contribution in [3.63, 3.8) is 0 Å². The lowest BCUT2D eigenvalue weighted by Gasteiger charge is -2.36. The van der Waals surface area contributed by atoms with Crippen LogP contribution in [0.5, 0.6) is 0 Å². The van der Waals surface area contributed by atoms with E-state index in [9.17, 15) is 22.4 Å². The lowest BCUT2D eigenvalue weighted by Crippen LogP contribution is -2.48. The minimum atomic E-state index is -4.58. The van der Waals surface area contributed by atoms with Crippen LogP contribution in [0.25, 0.3) is 10.4 Å². The number of fused-ring (bicyclic) bond motifs is 3. The summed E-state index contributed by atoms with van der Waals surface area (Å²) in [6.07, 6.45) is -4.58. The summed E-state index contributed by atoms with van der Waals surface area (Å²) in [4.78, 5) is 19.6. The van der Waals surface area contributed by atoms with Gasteiger partial charge in [-0.2, -0.15) is 13.2 Å². The number of anilines is 1. The van der Waals surface area contributed by atoms with Gasteiger partial charge in [0.1, 0.15) is 5.82 Å². The van der Waals surface area contributed by atoms with Crippen LogP contribution in [0.1, 0.15) is 20.8 Å². The molecule has 0 aliphatic carbocycles. The number of hydrogen-bond donors (Lipinski definition) is 0. The van der Waals surface area contributed by atoms with Crippen LogP contribution < -0.4 is 4.90 Å². The number of benzene rings is 2. The molecule has 3 heterocycles. The number of piperazine rings is 1. The van der Waals surface area contributed by atoms with Gasteiger partial charge in [0, 0.05) is 47.3 Å². The molecule has 0 spiro atoms. The third-order valence-electron chi connectivity index (χ3n) is 5.72. The van der Waals surface area contributed by atoms with Crippen molar-refractivity contribution in [3.8, 4) is 10.4 Å². The Bertz CT molecular complexity index is 1180. The average molecular weight is 479 g/mol. The Morgan fingerprint density at radius 1 is 0.969 bits per heavy atom. The summed E-state index contributed by atoms with van der Waals surface area (Å²) in [6, 6.07) is 12.7. The standard InChI is InChI=1S/C23H18F4N2OS2/c24-17-12-15(23(25,26)27)5-6-18(17)28-7-9-29(10-8-28)22(30)20-11-14-13-31-19-4-2-1-3-16(19)21(14)32-20/h1-6,11-12H,7-10,13H2. The zero-order valence-electron chi connectivity index (χ0n) is 16.8. The molecule has 0 atom stereocenters. The van der Waals surface area contributed by atoms with Gasteiger partial charge in [-0.05, 0) is 35.9 Å². The van der Waals surface area contributed by atoms with E-state index >= 15 is 0 Å². The molecular weight excluding hydrogens is 460 g/mol. The van der Waals surface area contributed by atoms with E-state index in [2.05, 4.69) is 12.1 Å². The molecule has 32 heavy (non-hydrogen) atoms. The summed E-state index contributed by atoms with van der Waals surface area (Å²) >= 11 is 3.26. The molecule has 9 heteroatoms. The lowest BCUT2D eigenvalue weighted by molar-refractivity contribution is -0.137. The van der Waals surface area contributed by atoms with E-state index in [1.54, 1.807) is 21.6 Å². The molecule has 1 fully saturated rings. The second-order valence-corrected chi connectivity index (χ2v) is 9.76. The number of amides is 1. The first-order valence-electron chi connectivity index (χ1n) is 10.1. The van der Waals surface area contributed by atoms with Gasteiger partial charge < -0.3 is 9.80 Å². The monoisotopic (exact) mass is 478 g/mol. The van der Waals surface area contributed by atoms with Crippen molar-refractivity contribution in [2.24, 2.45) is 0 Å². The van der Waals surface area contributed by atoms with Crippen LogP contribution in [0.15, 0.2) is 53.4 Å². The van der Waals surface area contributed by atoms with Gasteiger partial charge in [-0.15, -0.1) is 23.1 Å². The zero-order chi connectivity index (χ0) is 22.5. The summed E-state index contributed by atoms with van der Waals surface area (Å²) in [6.45, 7) is 1.48. The topological polar surface area (TPSA) is 23.6 Å². The normalized spacial score (nSPS) is 16.0. The Balaban J connectivity index is 1.29. The van der Waals surface area contributed by atoms with Gasteiger partial charge in [-0.1, -0.05) is 18.2 Å². The number of hydrogen-bond acceptors (Lipinski definition) is 4. The van der Waals surface area contributed by atoms with E-state index in [1.165, 1.54) is 16.2 Å². The fraction of sp³-hybridized carbons (Fsp3) is 0.261. The molecular formula is C23H18F4N2OS2. The van der Waals surface area contributed by atoms with E-state index in [4.69, 9.17) is 0 Å². The van der Waals surface area contributed by atoms with Crippen molar-refractivity contribution in [2.45, 2.75) is 16.8 Å². The predicted molar refractivity (Wildman–Crippen MR) is 119 cm³/mol. The van der Waals surface area contributed by atoms with Gasteiger partial charge in [-0.25, -0.2) is 4.39 Å². The van der Waals surface area contributed by atoms with Gasteiger partial charge in [0.15, 0.2) is 0 Å². The smallest absolute Gasteiger partial charge is 0.366 e. The van der Waals surface area contributed by atoms with E-state index in [0.717, 1.165) is 33.9 Å². The van der Waals surface area contributed by atoms with Crippen molar-refractivity contribution < 1.29 is 22.4 Å². The van der Waals surface area contributed by atoms with E-state index in [0.29, 0.717) is 37.1 Å². The number of rotatable bonds is 2. The molecule has 1 aromatic heterocycles. The van der Waals surface area contributed by atoms with Crippen molar-refractivity contribution >= 4 is 34.7 Å². The first-order valence-corrected chi connectivity index (χ1v) is 11.9. The van der Waals surface area contributed by atoms with Gasteiger partial charge in [0.25, 0.3) is 5.91 Å². The van der Waals surface area contributed by atoms with Crippen LogP contribution in [0, 0.1) is 5.82 Å². The number of nitrogens with zero attached hydrogens (tertiary/aromatic N) is 2. The van der Waals surface area contributed by atoms with Crippen LogP contribution in [0.2, 0.25) is 0 Å². The molecule has 3 aromatic rings. The van der Waals surface area contributed by atoms with Crippen LogP contribution >= 0.6 is 23.1 Å². The molecule has 0 unspecified atom stereocenters. The number of halogens is 4. The average Bonchev–Trinajstić information content (AvgIpc) is 3.23. The summed E-state index contributed by atoms with van der Waals surface area (Å²) < 4.78 is 52.7. The number of thioether (sulfide) groups is 1. The zero-order valence-corrected chi connectivity index (χ0v) is 18.4. The van der Waals surface area contributed by atoms with Crippen LogP contribution in [0.3, 0.4) is 0 Å². The maximum atomic E-state index is 14.3. The summed E-state index contributed by atoms with van der Waals surface area (Å²) in [5.74, 6) is -0.127. The molecule has 1 saturated heterocycles. The maximum absolute atomic E-state index is 14.3. The number of thiophene rings is 1. The molecule has 2 aliphatic heterocycles. The maximum Gasteiger partial charge on any atom is 0.416 e. The third kappa shape index (κ3) is 3.88. The molecule has 0 N–H and O–H groups in total. The van der Waals surface area contributed by atoms with Gasteiger partial charge in [0.05, 0.1) is 16.1 Å². The highest BCUT2D eigenvalue weighted by Gasteiger charge is 2.32. The summed E-state index contributed by atoms with van der Waals surface area (Å²) in [7, 11) is 0. The SMILES string of the molecule is O=C(c1cc2c(s1)-c1ccccc1SC2)N1CCN(c2ccc(C(F)(F)F)cc2F)CC1. The van der Waals surface area contributed by atoms with Crippen molar-refractivity contribution in [1.82, 2.24) is 4.90 Å². The molecule has 2 aromatic carbocycles. The molecule has 2 aliphatic rings. The minimum absolute atomic E-state index is 0.0561. The van der Waals surface area contributed by atoms with Crippen molar-refractivity contribution in [3.05, 3.63) is 70.4 Å². The number of alkyl halides is 3. The van der Waals surface area contributed by atoms with Crippen LogP contribution in [-0.2, 0) is 11.9 Å². The molecule has 3 nitrogen and oxygen atoms in total. The van der Waals surface area contributed by atoms with Crippen LogP contribution in [0.4, 0.5) is 23.2 Å². The molecule has 0 bridgehead atoms. The fourth-order valence-electron chi connectivity index (χ4n) is 4.05. The Hall–Kier alpha value is -2.52. The van der Waals surface area contributed by atoms with Crippen molar-refractivity contribution in [2.75, 3.05) is 31.1 Å². The quantitative estimate of drug-likeness (QED) is 0.414. The fourth-order valence-corrected chi connectivity index (χ4v) is 6.43. The highest BCUT2D eigenvalue weighted by molar-refractivity contribution is 7.98. The van der Waals surface area contributed by atoms with Gasteiger partial charge in [0.2, 0.25) is 0 Å². The predicted octanol–water partition coefficient (Wildman–Crippen LogP) is 6.14. The van der Waals surface area contributed by atoms with Crippen LogP contribution in [-0.4, -0.2) is 37.0 Å². The molecule has 0 radical (unpaired) electrons. The van der Waals surface area contributed by atoms with E-state index in [-0.39, 0.29) is 11.6 Å². The van der Waals surface area contributed by atoms with E-state index in [1.807, 2.05) is 18.2 Å². The van der Waals surface area contributed by atoms with Gasteiger partial charge in [-0.3, -0.25) is 4.79 Å². The summed E-state index contributed by atoms with van der Waals surface area (Å²) in [5.41, 5.74) is 1.44. The molecule has 166 valence electrons. The molecule has 0 saturated carbocycles. The first-order chi connectivity index (χ1) is 15.3. The van der Waals surface area contributed by atoms with E-state index < -0.39 is 17.6 Å². The highest BCUT2D eigenvalue weighted by Crippen LogP contribution is 2.45. The minimum Gasteiger partial charge on any atom is -0.366 e. The lowest BCUT2D eigenvalue weighted by atomic mass is 10.1.